The zero-order chi connectivity index (χ0) is 20.0. The van der Waals surface area contributed by atoms with Crippen LogP contribution in [0.2, 0.25) is 0 Å². The molecule has 5 aliphatic carbocycles. The molecule has 6 rings (SSSR count). The molecule has 0 aromatic heterocycles. The number of rotatable bonds is 7. The molecule has 4 bridgehead atoms. The summed E-state index contributed by atoms with van der Waals surface area (Å²) in [5.74, 6) is 2.29. The lowest BCUT2D eigenvalue weighted by atomic mass is 9.93. The molecule has 5 heteroatoms. The van der Waals surface area contributed by atoms with E-state index in [0.29, 0.717) is 48.9 Å². The summed E-state index contributed by atoms with van der Waals surface area (Å²) < 4.78 is 5.33. The number of benzene rings is 1. The Balaban J connectivity index is 1.25. The van der Waals surface area contributed by atoms with Crippen molar-refractivity contribution < 1.29 is 14.3 Å². The maximum Gasteiger partial charge on any atom is 0.309 e. The Morgan fingerprint density at radius 2 is 1.83 bits per heavy atom. The van der Waals surface area contributed by atoms with E-state index in [1.54, 1.807) is 0 Å². The van der Waals surface area contributed by atoms with Crippen molar-refractivity contribution >= 4 is 17.6 Å². The van der Waals surface area contributed by atoms with Gasteiger partial charge in [0.05, 0.1) is 19.1 Å². The van der Waals surface area contributed by atoms with Crippen LogP contribution < -0.4 is 10.2 Å². The number of carbonyl (C=O) groups excluding carboxylic acids is 2. The molecule has 0 heterocycles. The monoisotopic (exact) mass is 396 g/mol. The van der Waals surface area contributed by atoms with E-state index in [0.717, 1.165) is 24.9 Å². The number of hydrogen-bond donors (Lipinski definition) is 1. The first-order chi connectivity index (χ1) is 14.2. The molecule has 6 atom stereocenters. The predicted octanol–water partition coefficient (Wildman–Crippen LogP) is 3.39. The Hall–Kier alpha value is -1.88. The van der Waals surface area contributed by atoms with Crippen molar-refractivity contribution in [3.05, 3.63) is 30.3 Å². The molecule has 5 saturated carbocycles. The van der Waals surface area contributed by atoms with Gasteiger partial charge in [-0.3, -0.25) is 9.59 Å². The molecule has 156 valence electrons. The van der Waals surface area contributed by atoms with Crippen LogP contribution in [0, 0.1) is 29.6 Å². The van der Waals surface area contributed by atoms with Crippen molar-refractivity contribution in [2.45, 2.75) is 57.5 Å². The summed E-state index contributed by atoms with van der Waals surface area (Å²) in [6.45, 7) is 2.69. The number of carbonyl (C=O) groups is 2. The Morgan fingerprint density at radius 1 is 1.07 bits per heavy atom. The maximum absolute atomic E-state index is 13.3. The van der Waals surface area contributed by atoms with E-state index in [9.17, 15) is 9.59 Å². The fourth-order valence-electron chi connectivity index (χ4n) is 6.79. The lowest BCUT2D eigenvalue weighted by Gasteiger charge is -2.35. The van der Waals surface area contributed by atoms with Crippen LogP contribution in [0.1, 0.15) is 45.4 Å². The van der Waals surface area contributed by atoms with Gasteiger partial charge < -0.3 is 15.0 Å². The molecule has 29 heavy (non-hydrogen) atoms. The molecule has 5 aliphatic rings. The van der Waals surface area contributed by atoms with E-state index in [2.05, 4.69) is 5.32 Å². The van der Waals surface area contributed by atoms with Crippen molar-refractivity contribution in [3.8, 4) is 0 Å². The number of nitrogens with zero attached hydrogens (tertiary/aromatic N) is 1. The van der Waals surface area contributed by atoms with Gasteiger partial charge in [-0.1, -0.05) is 37.5 Å². The number of nitrogens with one attached hydrogen (secondary N) is 1. The van der Waals surface area contributed by atoms with Gasteiger partial charge in [-0.2, -0.15) is 0 Å². The van der Waals surface area contributed by atoms with Gasteiger partial charge in [0, 0.05) is 17.8 Å². The predicted molar refractivity (Wildman–Crippen MR) is 111 cm³/mol. The third-order valence-electron chi connectivity index (χ3n) is 7.88. The smallest absolute Gasteiger partial charge is 0.309 e. The van der Waals surface area contributed by atoms with Crippen molar-refractivity contribution in [2.24, 2.45) is 29.6 Å². The number of esters is 1. The van der Waals surface area contributed by atoms with Crippen LogP contribution in [0.5, 0.6) is 0 Å². The third-order valence-corrected chi connectivity index (χ3v) is 7.88. The van der Waals surface area contributed by atoms with Gasteiger partial charge in [0.15, 0.2) is 0 Å². The molecule has 0 spiro atoms. The molecule has 5 fully saturated rings. The highest BCUT2D eigenvalue weighted by molar-refractivity contribution is 5.95. The lowest BCUT2D eigenvalue weighted by molar-refractivity contribution is -0.149. The lowest BCUT2D eigenvalue weighted by Crippen LogP contribution is -2.48. The van der Waals surface area contributed by atoms with E-state index in [1.165, 1.54) is 19.3 Å². The van der Waals surface area contributed by atoms with Gasteiger partial charge in [0.2, 0.25) is 5.91 Å². The van der Waals surface area contributed by atoms with Crippen molar-refractivity contribution in [1.82, 2.24) is 5.32 Å². The van der Waals surface area contributed by atoms with E-state index < -0.39 is 0 Å². The van der Waals surface area contributed by atoms with E-state index in [1.807, 2.05) is 42.2 Å². The fraction of sp³-hybridized carbons (Fsp3) is 0.667. The van der Waals surface area contributed by atoms with Gasteiger partial charge >= 0.3 is 5.97 Å². The van der Waals surface area contributed by atoms with Gasteiger partial charge in [-0.15, -0.1) is 0 Å². The van der Waals surface area contributed by atoms with Gasteiger partial charge in [0.1, 0.15) is 0 Å². The van der Waals surface area contributed by atoms with E-state index in [-0.39, 0.29) is 17.8 Å². The molecular weight excluding hydrogens is 364 g/mol. The Bertz CT molecular complexity index is 761. The quantitative estimate of drug-likeness (QED) is 0.718. The highest BCUT2D eigenvalue weighted by atomic mass is 16.5. The summed E-state index contributed by atoms with van der Waals surface area (Å²) in [5.41, 5.74) is 1.01. The van der Waals surface area contributed by atoms with Crippen molar-refractivity contribution in [3.63, 3.8) is 0 Å². The summed E-state index contributed by atoms with van der Waals surface area (Å²) in [7, 11) is 0. The largest absolute Gasteiger partial charge is 0.466 e. The van der Waals surface area contributed by atoms with Crippen LogP contribution in [0.25, 0.3) is 0 Å². The first-order valence-corrected chi connectivity index (χ1v) is 11.5. The molecule has 0 saturated heterocycles. The number of ether oxygens (including phenoxy) is 1. The summed E-state index contributed by atoms with van der Waals surface area (Å²) in [6.07, 6.45) is 6.97. The molecule has 1 aromatic rings. The summed E-state index contributed by atoms with van der Waals surface area (Å²) in [5, 5.41) is 3.58. The van der Waals surface area contributed by atoms with E-state index in [4.69, 9.17) is 4.74 Å². The Morgan fingerprint density at radius 3 is 2.52 bits per heavy atom. The summed E-state index contributed by atoms with van der Waals surface area (Å²) in [6, 6.07) is 10.7. The van der Waals surface area contributed by atoms with Crippen LogP contribution in [-0.2, 0) is 14.3 Å². The molecular formula is C24H32N2O3. The summed E-state index contributed by atoms with van der Waals surface area (Å²) >= 11 is 0. The van der Waals surface area contributed by atoms with Gasteiger partial charge in [0.25, 0.3) is 0 Å². The second-order valence-corrected chi connectivity index (χ2v) is 9.29. The maximum atomic E-state index is 13.3. The topological polar surface area (TPSA) is 58.6 Å². The molecule has 1 N–H and O–H groups in total. The standard InChI is InChI=1S/C24H32N2O3/c1-2-29-24(28)22-18-13-17-20(22)21(17)23(18)25-14-19(27)26(15-9-5-3-6-10-15)16-11-7-4-8-12-16/h3,5-6,9-10,16-18,20-23,25H,2,4,7-8,11-14H2,1H3. The second-order valence-electron chi connectivity index (χ2n) is 9.29. The second kappa shape index (κ2) is 7.75. The summed E-state index contributed by atoms with van der Waals surface area (Å²) in [4.78, 5) is 27.7. The normalized spacial score (nSPS) is 34.8. The fourth-order valence-corrected chi connectivity index (χ4v) is 6.79. The third kappa shape index (κ3) is 3.27. The molecule has 1 amide bonds. The highest BCUT2D eigenvalue weighted by Gasteiger charge is 2.75. The van der Waals surface area contributed by atoms with Crippen LogP contribution in [0.4, 0.5) is 5.69 Å². The van der Waals surface area contributed by atoms with Crippen molar-refractivity contribution in [2.75, 3.05) is 18.1 Å². The van der Waals surface area contributed by atoms with Crippen LogP contribution in [0.15, 0.2) is 30.3 Å². The van der Waals surface area contributed by atoms with Crippen LogP contribution >= 0.6 is 0 Å². The van der Waals surface area contributed by atoms with Gasteiger partial charge in [-0.05, 0) is 62.0 Å². The number of anilines is 1. The average molecular weight is 397 g/mol. The molecule has 6 unspecified atom stereocenters. The van der Waals surface area contributed by atoms with Gasteiger partial charge in [-0.25, -0.2) is 0 Å². The molecule has 5 nitrogen and oxygen atoms in total. The van der Waals surface area contributed by atoms with Crippen LogP contribution in [-0.4, -0.2) is 37.1 Å². The minimum atomic E-state index is -0.0174. The number of amides is 1. The molecule has 1 aromatic carbocycles. The molecule has 0 radical (unpaired) electrons. The Kier molecular flexibility index (Phi) is 5.10. The minimum absolute atomic E-state index is 0.0174. The SMILES string of the molecule is CCOC(=O)C1C2CC3C(C2NCC(=O)N(c2ccccc2)C2CCCCC2)C31. The van der Waals surface area contributed by atoms with E-state index >= 15 is 0 Å². The molecule has 0 aliphatic heterocycles. The van der Waals surface area contributed by atoms with Crippen molar-refractivity contribution in [1.29, 1.82) is 0 Å². The first kappa shape index (κ1) is 19.1. The first-order valence-electron chi connectivity index (χ1n) is 11.5. The zero-order valence-electron chi connectivity index (χ0n) is 17.3. The average Bonchev–Trinajstić information content (AvgIpc) is 3.05. The number of hydrogen-bond acceptors (Lipinski definition) is 4. The zero-order valence-corrected chi connectivity index (χ0v) is 17.3. The van der Waals surface area contributed by atoms with Crippen LogP contribution in [0.3, 0.4) is 0 Å². The Labute approximate surface area is 173 Å². The minimum Gasteiger partial charge on any atom is -0.466 e. The highest BCUT2D eigenvalue weighted by Crippen LogP contribution is 2.73. The number of para-hydroxylation sites is 1.